The fourth-order valence-corrected chi connectivity index (χ4v) is 2.57. The second-order valence-corrected chi connectivity index (χ2v) is 4.74. The Morgan fingerprint density at radius 3 is 2.28 bits per heavy atom. The van der Waals surface area contributed by atoms with Gasteiger partial charge < -0.3 is 10.2 Å². The lowest BCUT2D eigenvalue weighted by molar-refractivity contribution is -0.151. The van der Waals surface area contributed by atoms with Gasteiger partial charge in [-0.25, -0.2) is 4.79 Å². The van der Waals surface area contributed by atoms with Crippen molar-refractivity contribution in [1.29, 1.82) is 0 Å². The van der Waals surface area contributed by atoms with E-state index in [-0.39, 0.29) is 0 Å². The van der Waals surface area contributed by atoms with Gasteiger partial charge in [0.15, 0.2) is 6.10 Å². The predicted octanol–water partition coefficient (Wildman–Crippen LogP) is 1.66. The molecule has 1 saturated heterocycles. The van der Waals surface area contributed by atoms with Crippen LogP contribution in [0.25, 0.3) is 0 Å². The number of hydrogen-bond donors (Lipinski definition) is 2. The number of hydrogen-bond acceptors (Lipinski definition) is 3. The monoisotopic (exact) mass is 249 g/mol. The van der Waals surface area contributed by atoms with E-state index in [1.807, 2.05) is 30.3 Å². The number of likely N-dealkylation sites (tertiary alicyclic amines) is 1. The van der Waals surface area contributed by atoms with Crippen molar-refractivity contribution in [2.75, 3.05) is 13.1 Å². The van der Waals surface area contributed by atoms with Gasteiger partial charge in [-0.3, -0.25) is 4.90 Å². The summed E-state index contributed by atoms with van der Waals surface area (Å²) >= 11 is 0. The van der Waals surface area contributed by atoms with Crippen LogP contribution in [0.2, 0.25) is 0 Å². The molecule has 1 fully saturated rings. The van der Waals surface area contributed by atoms with E-state index in [4.69, 9.17) is 5.11 Å². The summed E-state index contributed by atoms with van der Waals surface area (Å²) < 4.78 is 0. The molecule has 1 aromatic carbocycles. The van der Waals surface area contributed by atoms with Crippen molar-refractivity contribution >= 4 is 5.97 Å². The number of aliphatic carboxylic acids is 1. The molecule has 1 aromatic rings. The highest BCUT2D eigenvalue weighted by Crippen LogP contribution is 2.27. The molecule has 0 aliphatic carbocycles. The van der Waals surface area contributed by atoms with Crippen LogP contribution in [0.1, 0.15) is 30.9 Å². The average molecular weight is 249 g/mol. The summed E-state index contributed by atoms with van der Waals surface area (Å²) in [5, 5.41) is 19.0. The van der Waals surface area contributed by atoms with Crippen molar-refractivity contribution in [2.45, 2.75) is 31.4 Å². The summed E-state index contributed by atoms with van der Waals surface area (Å²) in [6.45, 7) is 1.70. The van der Waals surface area contributed by atoms with Gasteiger partial charge >= 0.3 is 5.97 Å². The van der Waals surface area contributed by atoms with Crippen LogP contribution in [0, 0.1) is 0 Å². The second-order valence-electron chi connectivity index (χ2n) is 4.74. The first-order chi connectivity index (χ1) is 8.70. The van der Waals surface area contributed by atoms with Gasteiger partial charge in [0.1, 0.15) is 0 Å². The number of nitrogens with zero attached hydrogens (tertiary/aromatic N) is 1. The van der Waals surface area contributed by atoms with Gasteiger partial charge in [-0.15, -0.1) is 0 Å². The molecule has 1 heterocycles. The SMILES string of the molecule is O=C(O)[C@@H](O)[C@H](c1ccccc1)N1CCCCC1. The molecule has 0 unspecified atom stereocenters. The molecule has 98 valence electrons. The van der Waals surface area contributed by atoms with Crippen molar-refractivity contribution < 1.29 is 15.0 Å². The van der Waals surface area contributed by atoms with E-state index >= 15 is 0 Å². The summed E-state index contributed by atoms with van der Waals surface area (Å²) in [7, 11) is 0. The lowest BCUT2D eigenvalue weighted by Crippen LogP contribution is -2.43. The van der Waals surface area contributed by atoms with E-state index < -0.39 is 18.1 Å². The number of aliphatic hydroxyl groups excluding tert-OH is 1. The van der Waals surface area contributed by atoms with E-state index in [0.29, 0.717) is 0 Å². The number of benzene rings is 1. The molecule has 2 rings (SSSR count). The van der Waals surface area contributed by atoms with Crippen LogP contribution < -0.4 is 0 Å². The van der Waals surface area contributed by atoms with Gasteiger partial charge in [0.25, 0.3) is 0 Å². The third-order valence-corrected chi connectivity index (χ3v) is 3.48. The van der Waals surface area contributed by atoms with Gasteiger partial charge in [0, 0.05) is 0 Å². The molecular formula is C14H19NO3. The van der Waals surface area contributed by atoms with E-state index in [2.05, 4.69) is 4.90 Å². The van der Waals surface area contributed by atoms with Gasteiger partial charge in [0.2, 0.25) is 0 Å². The molecule has 1 aliphatic heterocycles. The first-order valence-electron chi connectivity index (χ1n) is 6.40. The van der Waals surface area contributed by atoms with E-state index in [1.165, 1.54) is 6.42 Å². The maximum atomic E-state index is 11.1. The van der Waals surface area contributed by atoms with Crippen LogP contribution in [0.15, 0.2) is 30.3 Å². The highest BCUT2D eigenvalue weighted by Gasteiger charge is 2.32. The maximum absolute atomic E-state index is 11.1. The zero-order valence-corrected chi connectivity index (χ0v) is 10.3. The Morgan fingerprint density at radius 1 is 1.11 bits per heavy atom. The summed E-state index contributed by atoms with van der Waals surface area (Å²) in [5.41, 5.74) is 0.870. The zero-order chi connectivity index (χ0) is 13.0. The topological polar surface area (TPSA) is 60.8 Å². The molecule has 0 amide bonds. The minimum Gasteiger partial charge on any atom is -0.479 e. The van der Waals surface area contributed by atoms with E-state index in [9.17, 15) is 9.90 Å². The molecule has 0 spiro atoms. The lowest BCUT2D eigenvalue weighted by Gasteiger charge is -2.36. The molecule has 1 aliphatic rings. The molecule has 0 bridgehead atoms. The van der Waals surface area contributed by atoms with Gasteiger partial charge in [-0.05, 0) is 31.5 Å². The Bertz CT molecular complexity index is 387. The quantitative estimate of drug-likeness (QED) is 0.852. The lowest BCUT2D eigenvalue weighted by atomic mass is 9.97. The van der Waals surface area contributed by atoms with Gasteiger partial charge in [-0.1, -0.05) is 36.8 Å². The van der Waals surface area contributed by atoms with Crippen LogP contribution >= 0.6 is 0 Å². The molecule has 18 heavy (non-hydrogen) atoms. The third kappa shape index (κ3) is 2.89. The first kappa shape index (κ1) is 13.1. The van der Waals surface area contributed by atoms with Gasteiger partial charge in [0.05, 0.1) is 6.04 Å². The molecule has 0 saturated carbocycles. The fraction of sp³-hybridized carbons (Fsp3) is 0.500. The minimum absolute atomic E-state index is 0.441. The van der Waals surface area contributed by atoms with E-state index in [1.54, 1.807) is 0 Å². The maximum Gasteiger partial charge on any atom is 0.334 e. The third-order valence-electron chi connectivity index (χ3n) is 3.48. The molecule has 2 N–H and O–H groups in total. The zero-order valence-electron chi connectivity index (χ0n) is 10.3. The Labute approximate surface area is 107 Å². The summed E-state index contributed by atoms with van der Waals surface area (Å²) in [6, 6.07) is 8.96. The number of carbonyl (C=O) groups is 1. The van der Waals surface area contributed by atoms with Crippen molar-refractivity contribution in [3.05, 3.63) is 35.9 Å². The Balaban J connectivity index is 2.25. The first-order valence-corrected chi connectivity index (χ1v) is 6.40. The largest absolute Gasteiger partial charge is 0.479 e. The number of aliphatic hydroxyl groups is 1. The summed E-state index contributed by atoms with van der Waals surface area (Å²) in [4.78, 5) is 13.2. The van der Waals surface area contributed by atoms with Crippen LogP contribution in [-0.2, 0) is 4.79 Å². The van der Waals surface area contributed by atoms with Crippen molar-refractivity contribution in [3.8, 4) is 0 Å². The van der Waals surface area contributed by atoms with Crippen LogP contribution in [0.4, 0.5) is 0 Å². The van der Waals surface area contributed by atoms with E-state index in [0.717, 1.165) is 31.5 Å². The smallest absolute Gasteiger partial charge is 0.334 e. The number of piperidine rings is 1. The predicted molar refractivity (Wildman–Crippen MR) is 68.2 cm³/mol. The molecular weight excluding hydrogens is 230 g/mol. The number of carboxylic acids is 1. The highest BCUT2D eigenvalue weighted by atomic mass is 16.4. The van der Waals surface area contributed by atoms with Crippen molar-refractivity contribution in [3.63, 3.8) is 0 Å². The Hall–Kier alpha value is -1.39. The minimum atomic E-state index is -1.37. The molecule has 2 atom stereocenters. The van der Waals surface area contributed by atoms with Gasteiger partial charge in [-0.2, -0.15) is 0 Å². The summed E-state index contributed by atoms with van der Waals surface area (Å²) in [5.74, 6) is -1.16. The fourth-order valence-electron chi connectivity index (χ4n) is 2.57. The molecule has 4 nitrogen and oxygen atoms in total. The summed E-state index contributed by atoms with van der Waals surface area (Å²) in [6.07, 6.45) is 1.94. The average Bonchev–Trinajstić information content (AvgIpc) is 2.41. The Morgan fingerprint density at radius 2 is 1.72 bits per heavy atom. The molecule has 4 heteroatoms. The number of rotatable bonds is 4. The second kappa shape index (κ2) is 5.98. The van der Waals surface area contributed by atoms with Crippen molar-refractivity contribution in [1.82, 2.24) is 4.90 Å². The molecule has 0 radical (unpaired) electrons. The normalized spacial score (nSPS) is 20.3. The van der Waals surface area contributed by atoms with Crippen molar-refractivity contribution in [2.24, 2.45) is 0 Å². The van der Waals surface area contributed by atoms with Crippen LogP contribution in [0.5, 0.6) is 0 Å². The highest BCUT2D eigenvalue weighted by molar-refractivity contribution is 5.73. The standard InChI is InChI=1S/C14H19NO3/c16-13(14(17)18)12(11-7-3-1-4-8-11)15-9-5-2-6-10-15/h1,3-4,7-8,12-13,16H,2,5-6,9-10H2,(H,17,18)/t12-,13-/m0/s1. The van der Waals surface area contributed by atoms with Crippen LogP contribution in [-0.4, -0.2) is 40.3 Å². The Kier molecular flexibility index (Phi) is 4.33. The molecule has 0 aromatic heterocycles. The number of carboxylic acid groups (broad SMARTS) is 1. The van der Waals surface area contributed by atoms with Crippen LogP contribution in [0.3, 0.4) is 0 Å².